The average molecular weight is 741 g/mol. The highest BCUT2D eigenvalue weighted by Crippen LogP contribution is 2.46. The number of phenolic OH excluding ortho intramolecular Hbond substituents is 2. The molecular formula is C33H40O19. The number of fused-ring (bicyclic) bond motifs is 1. The molecule has 0 bridgehead atoms. The molecule has 3 fully saturated rings. The van der Waals surface area contributed by atoms with Gasteiger partial charge in [-0.05, 0) is 31.2 Å². The van der Waals surface area contributed by atoms with E-state index in [1.807, 2.05) is 0 Å². The number of rotatable bonds is 8. The third-order valence-electron chi connectivity index (χ3n) is 9.47. The Balaban J connectivity index is 1.38. The highest BCUT2D eigenvalue weighted by molar-refractivity contribution is 5.88. The van der Waals surface area contributed by atoms with Crippen LogP contribution in [-0.4, -0.2) is 160 Å². The summed E-state index contributed by atoms with van der Waals surface area (Å²) in [7, 11) is 0. The van der Waals surface area contributed by atoms with Crippen LogP contribution in [0.4, 0.5) is 0 Å². The van der Waals surface area contributed by atoms with Crippen molar-refractivity contribution in [3.63, 3.8) is 0 Å². The van der Waals surface area contributed by atoms with Crippen LogP contribution in [0.1, 0.15) is 18.6 Å². The first-order chi connectivity index (χ1) is 24.6. The number of phenols is 2. The zero-order valence-corrected chi connectivity index (χ0v) is 27.3. The van der Waals surface area contributed by atoms with Gasteiger partial charge < -0.3 is 89.4 Å². The van der Waals surface area contributed by atoms with Gasteiger partial charge in [-0.15, -0.1) is 0 Å². The number of benzene rings is 2. The van der Waals surface area contributed by atoms with E-state index in [4.69, 9.17) is 28.1 Å². The summed E-state index contributed by atoms with van der Waals surface area (Å²) in [5.41, 5.74) is -1.31. The average Bonchev–Trinajstić information content (AvgIpc) is 3.12. The molecule has 3 aromatic rings. The summed E-state index contributed by atoms with van der Waals surface area (Å²) in [6, 6.07) is 7.65. The number of hydrogen-bond donors (Lipinski definition) is 12. The molecule has 12 N–H and O–H groups in total. The van der Waals surface area contributed by atoms with Crippen molar-refractivity contribution in [2.75, 3.05) is 13.2 Å². The first-order valence-electron chi connectivity index (χ1n) is 16.2. The van der Waals surface area contributed by atoms with E-state index in [2.05, 4.69) is 0 Å². The maximum atomic E-state index is 13.4. The van der Waals surface area contributed by atoms with Crippen LogP contribution in [0, 0.1) is 0 Å². The third-order valence-corrected chi connectivity index (χ3v) is 9.47. The molecule has 15 atom stereocenters. The fourth-order valence-electron chi connectivity index (χ4n) is 6.39. The molecule has 4 heterocycles. The maximum absolute atomic E-state index is 13.4. The van der Waals surface area contributed by atoms with Gasteiger partial charge in [-0.3, -0.25) is 4.79 Å². The van der Waals surface area contributed by atoms with E-state index in [0.717, 1.165) is 12.1 Å². The lowest BCUT2D eigenvalue weighted by atomic mass is 9.89. The fourth-order valence-corrected chi connectivity index (χ4v) is 6.39. The molecule has 0 saturated carbocycles. The molecule has 0 amide bonds. The summed E-state index contributed by atoms with van der Waals surface area (Å²) in [6.07, 6.45) is -25.6. The Bertz CT molecular complexity index is 1760. The smallest absolute Gasteiger partial charge is 0.229 e. The zero-order chi connectivity index (χ0) is 37.8. The molecule has 19 heteroatoms. The predicted octanol–water partition coefficient (Wildman–Crippen LogP) is -3.58. The van der Waals surface area contributed by atoms with E-state index in [1.165, 1.54) is 31.2 Å². The van der Waals surface area contributed by atoms with Gasteiger partial charge >= 0.3 is 0 Å². The van der Waals surface area contributed by atoms with Gasteiger partial charge in [0.2, 0.25) is 6.29 Å². The Morgan fingerprint density at radius 1 is 0.692 bits per heavy atom. The molecule has 6 rings (SSSR count). The van der Waals surface area contributed by atoms with Crippen LogP contribution in [0.3, 0.4) is 0 Å². The molecule has 0 unspecified atom stereocenters. The van der Waals surface area contributed by atoms with Gasteiger partial charge in [0.25, 0.3) is 0 Å². The summed E-state index contributed by atoms with van der Waals surface area (Å²) < 4.78 is 34.1. The van der Waals surface area contributed by atoms with Crippen LogP contribution in [0.2, 0.25) is 0 Å². The lowest BCUT2D eigenvalue weighted by Gasteiger charge is -2.43. The lowest BCUT2D eigenvalue weighted by molar-refractivity contribution is -0.318. The molecule has 0 spiro atoms. The zero-order valence-electron chi connectivity index (χ0n) is 27.3. The van der Waals surface area contributed by atoms with Crippen molar-refractivity contribution in [2.24, 2.45) is 0 Å². The first-order valence-corrected chi connectivity index (χ1v) is 16.2. The van der Waals surface area contributed by atoms with Crippen molar-refractivity contribution in [1.29, 1.82) is 0 Å². The molecule has 3 aliphatic heterocycles. The fraction of sp³-hybridized carbons (Fsp3) is 0.545. The highest BCUT2D eigenvalue weighted by atomic mass is 16.7. The van der Waals surface area contributed by atoms with Gasteiger partial charge in [0.05, 0.1) is 24.9 Å². The summed E-state index contributed by atoms with van der Waals surface area (Å²) in [6.45, 7) is -0.0855. The largest absolute Gasteiger partial charge is 0.508 e. The molecule has 0 radical (unpaired) electrons. The Labute approximate surface area is 293 Å². The predicted molar refractivity (Wildman–Crippen MR) is 170 cm³/mol. The van der Waals surface area contributed by atoms with Crippen LogP contribution in [0.5, 0.6) is 17.2 Å². The Kier molecular flexibility index (Phi) is 11.1. The molecule has 1 aromatic heterocycles. The normalized spacial score (nSPS) is 38.3. The van der Waals surface area contributed by atoms with Crippen LogP contribution in [0.25, 0.3) is 22.3 Å². The van der Waals surface area contributed by atoms with Crippen molar-refractivity contribution in [3.8, 4) is 28.6 Å². The van der Waals surface area contributed by atoms with Crippen molar-refractivity contribution in [3.05, 3.63) is 52.2 Å². The monoisotopic (exact) mass is 740 g/mol. The van der Waals surface area contributed by atoms with Gasteiger partial charge in [-0.1, -0.05) is 0 Å². The molecule has 3 aliphatic rings. The molecule has 0 aliphatic carbocycles. The molecule has 2 aromatic carbocycles. The van der Waals surface area contributed by atoms with Gasteiger partial charge in [-0.25, -0.2) is 0 Å². The Morgan fingerprint density at radius 2 is 1.31 bits per heavy atom. The van der Waals surface area contributed by atoms with Gasteiger partial charge in [-0.2, -0.15) is 0 Å². The number of aliphatic hydroxyl groups excluding tert-OH is 10. The maximum Gasteiger partial charge on any atom is 0.229 e. The standard InChI is InChI=1S/C33H40O19/c1-10-21(37)25(41)29(45)32(48-10)47-9-18-23(39)27(43)30(46)33(52-18)51-16-7-15-19(13(36)6-14(49-15)11-2-4-12(35)5-3-11)24(40)20(16)31-28(44)26(42)22(38)17(8-34)50-31/h2-7,10,17-18,21-23,25-35,37-46H,8-9H2,1H3/t10-,17-,18-,21-,22-,23-,25+,26+,27+,28-,29+,30-,31+,32-,33-/m1/s1. The van der Waals surface area contributed by atoms with Crippen LogP contribution < -0.4 is 10.2 Å². The summed E-state index contributed by atoms with van der Waals surface area (Å²) in [4.78, 5) is 13.4. The molecular weight excluding hydrogens is 700 g/mol. The Morgan fingerprint density at radius 3 is 1.98 bits per heavy atom. The minimum Gasteiger partial charge on any atom is -0.508 e. The second-order valence-corrected chi connectivity index (χ2v) is 12.9. The molecule has 3 saturated heterocycles. The van der Waals surface area contributed by atoms with Crippen LogP contribution >= 0.6 is 0 Å². The van der Waals surface area contributed by atoms with Gasteiger partial charge in [0.1, 0.15) is 107 Å². The number of ether oxygens (including phenoxy) is 5. The second kappa shape index (κ2) is 15.1. The first kappa shape index (κ1) is 38.2. The number of aliphatic hydroxyl groups is 10. The summed E-state index contributed by atoms with van der Waals surface area (Å²) in [5, 5.41) is 125. The quantitative estimate of drug-likeness (QED) is 0.106. The van der Waals surface area contributed by atoms with E-state index in [1.54, 1.807) is 0 Å². The SMILES string of the molecule is C[C@H]1O[C@@H](OC[C@H]2O[C@@H](Oc3cc4oc(-c5ccc(O)cc5)cc(=O)c4c(O)c3[C@@H]3O[C@H](CO)[C@@H](O)[C@H](O)[C@H]3O)[C@H](O)[C@@H](O)[C@@H]2O)[C@@H](O)[C@@H](O)[C@@H]1O. The van der Waals surface area contributed by atoms with E-state index < -0.39 is 133 Å². The van der Waals surface area contributed by atoms with E-state index >= 15 is 0 Å². The van der Waals surface area contributed by atoms with E-state index in [9.17, 15) is 66.1 Å². The molecule has 286 valence electrons. The van der Waals surface area contributed by atoms with Crippen molar-refractivity contribution in [1.82, 2.24) is 0 Å². The van der Waals surface area contributed by atoms with E-state index in [-0.39, 0.29) is 17.1 Å². The lowest BCUT2D eigenvalue weighted by Crippen LogP contribution is -2.61. The topological polar surface area (TPSA) is 319 Å². The Hall–Kier alpha value is -3.51. The van der Waals surface area contributed by atoms with Crippen molar-refractivity contribution < 1.29 is 89.4 Å². The number of hydrogen-bond acceptors (Lipinski definition) is 19. The van der Waals surface area contributed by atoms with Crippen molar-refractivity contribution >= 4 is 11.0 Å². The minimum absolute atomic E-state index is 0.0211. The summed E-state index contributed by atoms with van der Waals surface area (Å²) >= 11 is 0. The number of aromatic hydroxyl groups is 2. The summed E-state index contributed by atoms with van der Waals surface area (Å²) in [5.74, 6) is -1.51. The van der Waals surface area contributed by atoms with E-state index in [0.29, 0.717) is 5.56 Å². The van der Waals surface area contributed by atoms with Crippen LogP contribution in [-0.2, 0) is 18.9 Å². The second-order valence-electron chi connectivity index (χ2n) is 12.9. The van der Waals surface area contributed by atoms with Crippen molar-refractivity contribution in [2.45, 2.75) is 98.9 Å². The molecule has 52 heavy (non-hydrogen) atoms. The molecule has 19 nitrogen and oxygen atoms in total. The highest BCUT2D eigenvalue weighted by Gasteiger charge is 2.50. The van der Waals surface area contributed by atoms with Gasteiger partial charge in [0, 0.05) is 17.7 Å². The van der Waals surface area contributed by atoms with Gasteiger partial charge in [0.15, 0.2) is 11.7 Å². The van der Waals surface area contributed by atoms with Crippen LogP contribution in [0.15, 0.2) is 45.6 Å². The third kappa shape index (κ3) is 6.97. The minimum atomic E-state index is -2.02.